The molecule has 4 rings (SSSR count). The van der Waals surface area contributed by atoms with Gasteiger partial charge < -0.3 is 0 Å². The van der Waals surface area contributed by atoms with E-state index in [0.29, 0.717) is 0 Å². The number of hydrogen-bond acceptors (Lipinski definition) is 0. The van der Waals surface area contributed by atoms with Crippen molar-refractivity contribution < 1.29 is 0 Å². The standard InChI is InChI=1S/C34H50Si2/c1-9-11-17-29-31-19-25-15-13-14-16-26(25)20-32(31)30(18-12-10-2)34-22-28(24-36(6,7)8)27(21-33(29)34)23-35(3,4)5/h13-16,21-22H,9-12,17-20,23-24H2,1-8H3. The molecule has 0 fully saturated rings. The number of rotatable bonds is 10. The average molecular weight is 515 g/mol. The van der Waals surface area contributed by atoms with Crippen molar-refractivity contribution in [2.24, 2.45) is 0 Å². The van der Waals surface area contributed by atoms with Crippen LogP contribution in [0.1, 0.15) is 84.0 Å². The van der Waals surface area contributed by atoms with Crippen molar-refractivity contribution in [2.45, 2.75) is 117 Å². The first-order chi connectivity index (χ1) is 17.0. The average Bonchev–Trinajstić information content (AvgIpc) is 2.79. The molecule has 0 unspecified atom stereocenters. The Kier molecular flexibility index (Phi) is 8.36. The van der Waals surface area contributed by atoms with Gasteiger partial charge in [0.1, 0.15) is 0 Å². The predicted molar refractivity (Wildman–Crippen MR) is 167 cm³/mol. The number of benzene rings is 3. The lowest BCUT2D eigenvalue weighted by Gasteiger charge is -2.30. The molecule has 0 radical (unpaired) electrons. The van der Waals surface area contributed by atoms with Gasteiger partial charge in [0, 0.05) is 16.1 Å². The van der Waals surface area contributed by atoms with E-state index in [9.17, 15) is 0 Å². The van der Waals surface area contributed by atoms with E-state index in [1.54, 1.807) is 55.3 Å². The second-order valence-electron chi connectivity index (χ2n) is 13.9. The van der Waals surface area contributed by atoms with E-state index in [4.69, 9.17) is 0 Å². The first-order valence-corrected chi connectivity index (χ1v) is 22.1. The quantitative estimate of drug-likeness (QED) is 0.185. The van der Waals surface area contributed by atoms with Gasteiger partial charge in [-0.1, -0.05) is 102 Å². The second-order valence-corrected chi connectivity index (χ2v) is 24.8. The van der Waals surface area contributed by atoms with E-state index in [-0.39, 0.29) is 0 Å². The molecule has 2 heteroatoms. The second kappa shape index (κ2) is 11.0. The van der Waals surface area contributed by atoms with E-state index in [2.05, 4.69) is 89.5 Å². The molecule has 0 saturated carbocycles. The van der Waals surface area contributed by atoms with Gasteiger partial charge in [0.05, 0.1) is 0 Å². The number of aryl methyl sites for hydroxylation is 2. The zero-order valence-electron chi connectivity index (χ0n) is 24.5. The van der Waals surface area contributed by atoms with Crippen LogP contribution < -0.4 is 0 Å². The summed E-state index contributed by atoms with van der Waals surface area (Å²) in [5.74, 6) is 0. The van der Waals surface area contributed by atoms with Crippen molar-refractivity contribution in [1.29, 1.82) is 0 Å². The maximum Gasteiger partial charge on any atom is 0.0487 e. The lowest BCUT2D eigenvalue weighted by Crippen LogP contribution is -2.28. The first-order valence-electron chi connectivity index (χ1n) is 14.7. The van der Waals surface area contributed by atoms with Crippen LogP contribution in [-0.4, -0.2) is 16.1 Å². The van der Waals surface area contributed by atoms with Crippen LogP contribution in [0.4, 0.5) is 0 Å². The predicted octanol–water partition coefficient (Wildman–Crippen LogP) is 9.86. The Balaban J connectivity index is 2.04. The number of unbranched alkanes of at least 4 members (excludes halogenated alkanes) is 2. The summed E-state index contributed by atoms with van der Waals surface area (Å²) >= 11 is 0. The van der Waals surface area contributed by atoms with Gasteiger partial charge in [0.25, 0.3) is 0 Å². The van der Waals surface area contributed by atoms with Crippen molar-refractivity contribution >= 4 is 26.9 Å². The minimum Gasteiger partial charge on any atom is -0.0693 e. The third-order valence-electron chi connectivity index (χ3n) is 7.94. The molecule has 1 aliphatic carbocycles. The molecular formula is C34H50Si2. The molecule has 1 aliphatic rings. The maximum absolute atomic E-state index is 2.71. The summed E-state index contributed by atoms with van der Waals surface area (Å²) in [5.41, 5.74) is 13.2. The molecule has 3 aromatic rings. The molecule has 0 N–H and O–H groups in total. The third kappa shape index (κ3) is 6.25. The molecular weight excluding hydrogens is 465 g/mol. The van der Waals surface area contributed by atoms with Crippen molar-refractivity contribution in [3.63, 3.8) is 0 Å². The topological polar surface area (TPSA) is 0 Å². The molecule has 0 nitrogen and oxygen atoms in total. The van der Waals surface area contributed by atoms with Gasteiger partial charge >= 0.3 is 0 Å². The highest BCUT2D eigenvalue weighted by Crippen LogP contribution is 2.40. The fourth-order valence-electron chi connectivity index (χ4n) is 6.34. The van der Waals surface area contributed by atoms with Gasteiger partial charge in [-0.25, -0.2) is 0 Å². The molecule has 36 heavy (non-hydrogen) atoms. The highest BCUT2D eigenvalue weighted by Gasteiger charge is 2.27. The smallest absolute Gasteiger partial charge is 0.0487 e. The fourth-order valence-corrected chi connectivity index (χ4v) is 9.28. The molecule has 0 spiro atoms. The Morgan fingerprint density at radius 1 is 0.611 bits per heavy atom. The van der Waals surface area contributed by atoms with Gasteiger partial charge in [-0.15, -0.1) is 0 Å². The third-order valence-corrected chi connectivity index (χ3v) is 10.8. The van der Waals surface area contributed by atoms with E-state index < -0.39 is 16.1 Å². The summed E-state index contributed by atoms with van der Waals surface area (Å²) in [6.07, 6.45) is 9.81. The van der Waals surface area contributed by atoms with Gasteiger partial charge in [0.15, 0.2) is 0 Å². The molecule has 0 bridgehead atoms. The van der Waals surface area contributed by atoms with Crippen LogP contribution in [-0.2, 0) is 37.8 Å². The van der Waals surface area contributed by atoms with E-state index in [1.807, 2.05) is 0 Å². The van der Waals surface area contributed by atoms with Crippen LogP contribution in [0.2, 0.25) is 39.3 Å². The molecule has 0 atom stereocenters. The van der Waals surface area contributed by atoms with Crippen LogP contribution in [0, 0.1) is 0 Å². The summed E-state index contributed by atoms with van der Waals surface area (Å²) in [5, 5.41) is 3.22. The normalized spacial score (nSPS) is 13.7. The van der Waals surface area contributed by atoms with Crippen molar-refractivity contribution in [1.82, 2.24) is 0 Å². The van der Waals surface area contributed by atoms with Gasteiger partial charge in [-0.2, -0.15) is 0 Å². The minimum absolute atomic E-state index is 1.12. The molecule has 194 valence electrons. The monoisotopic (exact) mass is 514 g/mol. The molecule has 0 saturated heterocycles. The summed E-state index contributed by atoms with van der Waals surface area (Å²) in [6.45, 7) is 20.0. The Morgan fingerprint density at radius 2 is 1.00 bits per heavy atom. The van der Waals surface area contributed by atoms with Crippen LogP contribution in [0.3, 0.4) is 0 Å². The highest BCUT2D eigenvalue weighted by molar-refractivity contribution is 6.76. The Bertz CT molecular complexity index is 1130. The Hall–Kier alpha value is -1.65. The lowest BCUT2D eigenvalue weighted by atomic mass is 9.76. The highest BCUT2D eigenvalue weighted by atomic mass is 28.3. The molecule has 3 aromatic carbocycles. The first kappa shape index (κ1) is 27.4. The van der Waals surface area contributed by atoms with Crippen molar-refractivity contribution in [3.05, 3.63) is 80.9 Å². The molecule has 0 heterocycles. The summed E-state index contributed by atoms with van der Waals surface area (Å²) in [4.78, 5) is 0. The van der Waals surface area contributed by atoms with Crippen LogP contribution in [0.15, 0.2) is 36.4 Å². The van der Waals surface area contributed by atoms with Crippen LogP contribution in [0.25, 0.3) is 10.8 Å². The summed E-state index contributed by atoms with van der Waals surface area (Å²) < 4.78 is 0. The van der Waals surface area contributed by atoms with Crippen LogP contribution in [0.5, 0.6) is 0 Å². The van der Waals surface area contributed by atoms with Gasteiger partial charge in [-0.05, 0) is 106 Å². The maximum atomic E-state index is 2.71. The Labute approximate surface area is 223 Å². The van der Waals surface area contributed by atoms with Crippen LogP contribution >= 0.6 is 0 Å². The van der Waals surface area contributed by atoms with E-state index in [0.717, 1.165) is 12.8 Å². The van der Waals surface area contributed by atoms with Gasteiger partial charge in [-0.3, -0.25) is 0 Å². The molecule has 0 aliphatic heterocycles. The van der Waals surface area contributed by atoms with Crippen molar-refractivity contribution in [2.75, 3.05) is 0 Å². The van der Waals surface area contributed by atoms with Crippen molar-refractivity contribution in [3.8, 4) is 0 Å². The van der Waals surface area contributed by atoms with E-state index in [1.165, 1.54) is 50.6 Å². The SMILES string of the molecule is CCCCc1c2c(c(CCCC)c3cc(C[Si](C)(C)C)c(C[Si](C)(C)C)cc13)Cc1ccccc1C2. The number of hydrogen-bond donors (Lipinski definition) is 0. The number of fused-ring (bicyclic) bond motifs is 3. The lowest BCUT2D eigenvalue weighted by molar-refractivity contribution is 0.774. The van der Waals surface area contributed by atoms with E-state index >= 15 is 0 Å². The van der Waals surface area contributed by atoms with Gasteiger partial charge in [0.2, 0.25) is 0 Å². The molecule has 0 amide bonds. The summed E-state index contributed by atoms with van der Waals surface area (Å²) in [6, 6.07) is 17.3. The largest absolute Gasteiger partial charge is 0.0693 e. The summed E-state index contributed by atoms with van der Waals surface area (Å²) in [7, 11) is -2.46. The fraction of sp³-hybridized carbons (Fsp3) is 0.529. The Morgan fingerprint density at radius 3 is 1.33 bits per heavy atom. The zero-order valence-corrected chi connectivity index (χ0v) is 26.5. The minimum atomic E-state index is -1.23. The molecule has 0 aromatic heterocycles. The zero-order chi connectivity index (χ0) is 26.1.